The Balaban J connectivity index is 0.000000283. The van der Waals surface area contributed by atoms with Gasteiger partial charge in [-0.3, -0.25) is 9.80 Å². The maximum atomic E-state index is 14.8. The van der Waals surface area contributed by atoms with E-state index >= 15 is 0 Å². The van der Waals surface area contributed by atoms with Gasteiger partial charge in [-0.2, -0.15) is 0 Å². The highest BCUT2D eigenvalue weighted by molar-refractivity contribution is 5.93. The molecule has 5 amide bonds. The highest BCUT2D eigenvalue weighted by Gasteiger charge is 2.31. The van der Waals surface area contributed by atoms with Gasteiger partial charge in [-0.1, -0.05) is 12.1 Å². The number of carbonyl (C=O) groups excluding carboxylic acids is 5. The highest BCUT2D eigenvalue weighted by atomic mass is 35.5. The summed E-state index contributed by atoms with van der Waals surface area (Å²) in [7, 11) is 2.42. The van der Waals surface area contributed by atoms with Crippen molar-refractivity contribution in [3.05, 3.63) is 130 Å². The lowest BCUT2D eigenvalue weighted by molar-refractivity contribution is 0.0171. The van der Waals surface area contributed by atoms with Crippen molar-refractivity contribution in [3.8, 4) is 0 Å². The molecule has 2 saturated heterocycles. The minimum Gasteiger partial charge on any atom is -0.465 e. The van der Waals surface area contributed by atoms with Crippen molar-refractivity contribution >= 4 is 53.9 Å². The summed E-state index contributed by atoms with van der Waals surface area (Å²) in [6.45, 7) is 8.59. The summed E-state index contributed by atoms with van der Waals surface area (Å²) in [5.74, 6) is -3.51. The summed E-state index contributed by atoms with van der Waals surface area (Å²) in [4.78, 5) is 69.6. The predicted octanol–water partition coefficient (Wildman–Crippen LogP) is 7.64. The smallest absolute Gasteiger partial charge is 0.410 e. The second-order valence-corrected chi connectivity index (χ2v) is 15.5. The minimum atomic E-state index is -0.678. The van der Waals surface area contributed by atoms with Crippen LogP contribution in [0.2, 0.25) is 0 Å². The Kier molecular flexibility index (Phi) is 17.9. The van der Waals surface area contributed by atoms with E-state index in [1.807, 2.05) is 0 Å². The number of carbonyl (C=O) groups is 5. The van der Waals surface area contributed by atoms with Crippen molar-refractivity contribution in [2.45, 2.75) is 39.5 Å². The number of ether oxygens (including phenoxy) is 3. The fourth-order valence-electron chi connectivity index (χ4n) is 6.57. The van der Waals surface area contributed by atoms with Gasteiger partial charge in [-0.25, -0.2) is 41.5 Å². The lowest BCUT2D eigenvalue weighted by Crippen LogP contribution is -2.54. The quantitative estimate of drug-likeness (QED) is 0.107. The summed E-state index contributed by atoms with van der Waals surface area (Å²) in [5.41, 5.74) is 0.751. The Labute approximate surface area is 375 Å². The molecule has 6 rings (SSSR count). The van der Waals surface area contributed by atoms with E-state index in [0.29, 0.717) is 37.6 Å². The van der Waals surface area contributed by atoms with E-state index in [4.69, 9.17) is 4.74 Å². The summed E-state index contributed by atoms with van der Waals surface area (Å²) < 4.78 is 70.8. The van der Waals surface area contributed by atoms with E-state index in [1.165, 1.54) is 102 Å². The van der Waals surface area contributed by atoms with E-state index in [9.17, 15) is 41.5 Å². The Morgan fingerprint density at radius 2 is 0.953 bits per heavy atom. The van der Waals surface area contributed by atoms with Gasteiger partial charge in [-0.15, -0.1) is 12.4 Å². The van der Waals surface area contributed by atoms with Crippen molar-refractivity contribution in [2.24, 2.45) is 0 Å². The van der Waals surface area contributed by atoms with Crippen LogP contribution in [0.15, 0.2) is 84.9 Å². The Morgan fingerprint density at radius 3 is 1.31 bits per heavy atom. The molecule has 1 N–H and O–H groups in total. The second kappa shape index (κ2) is 22.8. The number of nitrogens with one attached hydrogen (secondary N) is 1. The fraction of sp³-hybridized carbons (Fsp3) is 0.356. The molecule has 2 heterocycles. The molecule has 0 aliphatic carbocycles. The molecule has 0 radical (unpaired) electrons. The first-order chi connectivity index (χ1) is 30.0. The molecule has 19 heteroatoms. The maximum Gasteiger partial charge on any atom is 0.410 e. The monoisotopic (exact) mass is 914 g/mol. The van der Waals surface area contributed by atoms with Crippen molar-refractivity contribution in [1.82, 2.24) is 20.0 Å². The molecule has 2 fully saturated rings. The third-order valence-electron chi connectivity index (χ3n) is 9.93. The molecule has 2 aliphatic heterocycles. The van der Waals surface area contributed by atoms with Gasteiger partial charge < -0.3 is 34.2 Å². The zero-order chi connectivity index (χ0) is 45.8. The van der Waals surface area contributed by atoms with Gasteiger partial charge in [0.05, 0.1) is 38.4 Å². The molecule has 2 aliphatic rings. The van der Waals surface area contributed by atoms with Gasteiger partial charge in [0.15, 0.2) is 0 Å². The average molecular weight is 915 g/mol. The van der Waals surface area contributed by atoms with Crippen LogP contribution < -0.4 is 15.1 Å². The number of methoxy groups -OCH3 is 2. The predicted molar refractivity (Wildman–Crippen MR) is 233 cm³/mol. The fourth-order valence-corrected chi connectivity index (χ4v) is 6.57. The molecular weight excluding hydrogens is 864 g/mol. The number of benzene rings is 4. The second-order valence-electron chi connectivity index (χ2n) is 15.5. The number of amides is 5. The van der Waals surface area contributed by atoms with Gasteiger partial charge in [-0.05, 0) is 93.6 Å². The first-order valence-electron chi connectivity index (χ1n) is 20.0. The lowest BCUT2D eigenvalue weighted by atomic mass is 10.1. The largest absolute Gasteiger partial charge is 0.465 e. The summed E-state index contributed by atoms with van der Waals surface area (Å²) >= 11 is 0. The number of anilines is 2. The zero-order valence-electron chi connectivity index (χ0n) is 36.1. The van der Waals surface area contributed by atoms with Gasteiger partial charge in [0, 0.05) is 74.9 Å². The van der Waals surface area contributed by atoms with Crippen LogP contribution in [0, 0.1) is 23.3 Å². The first kappa shape index (κ1) is 50.2. The molecule has 0 aromatic heterocycles. The van der Waals surface area contributed by atoms with E-state index in [2.05, 4.69) is 14.8 Å². The van der Waals surface area contributed by atoms with Crippen LogP contribution in [0.1, 0.15) is 52.6 Å². The number of esters is 2. The van der Waals surface area contributed by atoms with Gasteiger partial charge in [0.25, 0.3) is 0 Å². The molecule has 0 saturated carbocycles. The van der Waals surface area contributed by atoms with E-state index < -0.39 is 52.9 Å². The third-order valence-corrected chi connectivity index (χ3v) is 9.93. The van der Waals surface area contributed by atoms with Gasteiger partial charge >= 0.3 is 30.1 Å². The van der Waals surface area contributed by atoms with Crippen LogP contribution in [0.5, 0.6) is 0 Å². The van der Waals surface area contributed by atoms with Crippen molar-refractivity contribution in [1.29, 1.82) is 0 Å². The SMILES string of the molecule is COC(=O)c1ccc(CN(C(=O)N2CCN(C(=O)OC(C)(C)C)CC2)c2ccc(F)cc2)c(F)c1.COC(=O)c1ccc(CN(C(=O)N2CCNCC2)c2ccc(F)cc2)c(F)c1.Cl. The minimum absolute atomic E-state index is 0. The van der Waals surface area contributed by atoms with Crippen LogP contribution >= 0.6 is 12.4 Å². The normalized spacial score (nSPS) is 13.7. The maximum absolute atomic E-state index is 14.8. The number of hydrogen-bond acceptors (Lipinski definition) is 9. The molecule has 0 unspecified atom stereocenters. The summed E-state index contributed by atoms with van der Waals surface area (Å²) in [6.07, 6.45) is -0.451. The topological polar surface area (TPSA) is 141 Å². The standard InChI is InChI=1S/C25H29F2N3O5.C20H21F2N3O3.ClH/c1-25(2,3)35-24(33)29-13-11-28(12-14-29)23(32)30(20-9-7-19(26)8-10-20)16-18-6-5-17(15-21(18)27)22(31)34-4;1-28-19(26)14-2-3-15(18(22)12-14)13-25(17-6-4-16(21)5-7-17)20(27)24-10-8-23-9-11-24;/h5-10,15H,11-14,16H2,1-4H3;2-7,12,23H,8-11,13H2,1H3;1H. The number of hydrogen-bond donors (Lipinski definition) is 1. The third kappa shape index (κ3) is 13.6. The van der Waals surface area contributed by atoms with E-state index in [1.54, 1.807) is 30.6 Å². The zero-order valence-corrected chi connectivity index (χ0v) is 36.9. The molecule has 344 valence electrons. The van der Waals surface area contributed by atoms with Gasteiger partial charge in [0.2, 0.25) is 0 Å². The van der Waals surface area contributed by atoms with Crippen LogP contribution in [-0.2, 0) is 27.3 Å². The Morgan fingerprint density at radius 1 is 0.578 bits per heavy atom. The number of urea groups is 2. The molecule has 4 aromatic rings. The Bertz CT molecular complexity index is 2250. The number of nitrogens with zero attached hydrogens (tertiary/aromatic N) is 5. The number of rotatable bonds is 8. The van der Waals surface area contributed by atoms with Crippen molar-refractivity contribution in [3.63, 3.8) is 0 Å². The van der Waals surface area contributed by atoms with Crippen molar-refractivity contribution in [2.75, 3.05) is 76.4 Å². The average Bonchev–Trinajstić information content (AvgIpc) is 3.28. The molecule has 4 aromatic carbocycles. The van der Waals surface area contributed by atoms with Crippen LogP contribution in [0.3, 0.4) is 0 Å². The number of piperazine rings is 2. The molecule has 14 nitrogen and oxygen atoms in total. The molecule has 0 bridgehead atoms. The molecule has 0 spiro atoms. The molecule has 0 atom stereocenters. The Hall–Kier alpha value is -6.40. The molecule has 64 heavy (non-hydrogen) atoms. The first-order valence-corrected chi connectivity index (χ1v) is 20.0. The van der Waals surface area contributed by atoms with Crippen LogP contribution in [0.25, 0.3) is 0 Å². The molecular formula is C45H51ClF4N6O8. The highest BCUT2D eigenvalue weighted by Crippen LogP contribution is 2.25. The van der Waals surface area contributed by atoms with E-state index in [-0.39, 0.29) is 80.0 Å². The number of halogens is 5. The summed E-state index contributed by atoms with van der Waals surface area (Å²) in [6, 6.07) is 17.9. The van der Waals surface area contributed by atoms with Gasteiger partial charge in [0.1, 0.15) is 28.9 Å². The van der Waals surface area contributed by atoms with Crippen LogP contribution in [0.4, 0.5) is 43.3 Å². The van der Waals surface area contributed by atoms with E-state index in [0.717, 1.165) is 12.1 Å². The lowest BCUT2D eigenvalue weighted by Gasteiger charge is -2.38. The van der Waals surface area contributed by atoms with Crippen LogP contribution in [-0.4, -0.2) is 117 Å². The summed E-state index contributed by atoms with van der Waals surface area (Å²) in [5, 5.41) is 3.17. The van der Waals surface area contributed by atoms with Crippen molar-refractivity contribution < 1.29 is 55.7 Å².